The summed E-state index contributed by atoms with van der Waals surface area (Å²) in [5, 5.41) is 7.80. The first-order chi connectivity index (χ1) is 9.62. The zero-order chi connectivity index (χ0) is 14.5. The predicted octanol–water partition coefficient (Wildman–Crippen LogP) is 1.04. The van der Waals surface area contributed by atoms with Crippen molar-refractivity contribution in [3.8, 4) is 0 Å². The molecule has 0 spiro atoms. The maximum Gasteiger partial charge on any atom is 0.396 e. The number of aromatic amines is 1. The van der Waals surface area contributed by atoms with Gasteiger partial charge < -0.3 is 14.1 Å². The van der Waals surface area contributed by atoms with Gasteiger partial charge in [-0.2, -0.15) is 0 Å². The van der Waals surface area contributed by atoms with Crippen molar-refractivity contribution in [1.82, 2.24) is 20.2 Å². The maximum absolute atomic E-state index is 11.4. The van der Waals surface area contributed by atoms with Crippen molar-refractivity contribution in [2.45, 2.75) is 30.5 Å². The van der Waals surface area contributed by atoms with Crippen molar-refractivity contribution in [3.63, 3.8) is 0 Å². The average Bonchev–Trinajstić information content (AvgIpc) is 2.87. The van der Waals surface area contributed by atoms with Crippen molar-refractivity contribution in [1.29, 1.82) is 0 Å². The number of ether oxygens (including phenoxy) is 1. The summed E-state index contributed by atoms with van der Waals surface area (Å²) in [6.07, 6.45) is 0.599. The van der Waals surface area contributed by atoms with Gasteiger partial charge in [0.25, 0.3) is 10.8 Å². The summed E-state index contributed by atoms with van der Waals surface area (Å²) in [5.41, 5.74) is -0.260. The third-order valence-corrected chi connectivity index (χ3v) is 2.91. The molecular weight excluding hydrogens is 284 g/mol. The Bertz CT molecular complexity index is 666. The highest BCUT2D eigenvalue weighted by Crippen LogP contribution is 2.23. The Balaban J connectivity index is 2.16. The minimum absolute atomic E-state index is 0.119. The van der Waals surface area contributed by atoms with Crippen molar-refractivity contribution in [2.24, 2.45) is 0 Å². The number of carbonyl (C=O) groups is 1. The number of H-pyrrole nitrogens is 1. The fraction of sp³-hybridized carbons (Fsp3) is 0.364. The Labute approximate surface area is 118 Å². The molecule has 0 radical (unpaired) electrons. The second-order valence-corrected chi connectivity index (χ2v) is 4.55. The summed E-state index contributed by atoms with van der Waals surface area (Å²) in [6.45, 7) is 3.77. The molecule has 0 aliphatic carbocycles. The number of nitrogens with one attached hydrogen (secondary N) is 1. The molecule has 0 bridgehead atoms. The number of nitrogens with zero attached hydrogens (tertiary/aromatic N) is 3. The van der Waals surface area contributed by atoms with Crippen LogP contribution in [-0.4, -0.2) is 32.7 Å². The molecule has 0 fully saturated rings. The van der Waals surface area contributed by atoms with Crippen LogP contribution in [0.15, 0.2) is 25.5 Å². The lowest BCUT2D eigenvalue weighted by Crippen LogP contribution is -2.10. The Morgan fingerprint density at radius 2 is 2.25 bits per heavy atom. The molecule has 2 aromatic rings. The SMILES string of the molecule is CCOC(=O)c1nnc(Sc2cc(=O)[nH]c(CC)n2)o1. The van der Waals surface area contributed by atoms with E-state index in [2.05, 4.69) is 20.2 Å². The lowest BCUT2D eigenvalue weighted by Gasteiger charge is -1.98. The molecule has 0 amide bonds. The molecule has 0 aliphatic rings. The molecule has 0 aromatic carbocycles. The third kappa shape index (κ3) is 3.44. The standard InChI is InChI=1S/C11H12N4O4S/c1-3-6-12-7(16)5-8(13-6)20-11-15-14-9(19-11)10(17)18-4-2/h5H,3-4H2,1-2H3,(H,12,13,16). The predicted molar refractivity (Wildman–Crippen MR) is 68.6 cm³/mol. The Hall–Kier alpha value is -2.16. The first-order valence-corrected chi connectivity index (χ1v) is 6.72. The van der Waals surface area contributed by atoms with E-state index < -0.39 is 5.97 Å². The van der Waals surface area contributed by atoms with Crippen molar-refractivity contribution in [3.05, 3.63) is 28.1 Å². The van der Waals surface area contributed by atoms with Crippen LogP contribution in [0, 0.1) is 0 Å². The minimum Gasteiger partial charge on any atom is -0.459 e. The molecule has 20 heavy (non-hydrogen) atoms. The second kappa shape index (κ2) is 6.33. The number of carbonyl (C=O) groups excluding carboxylic acids is 1. The number of hydrogen-bond donors (Lipinski definition) is 1. The first-order valence-electron chi connectivity index (χ1n) is 5.91. The molecule has 2 heterocycles. The highest BCUT2D eigenvalue weighted by molar-refractivity contribution is 7.99. The van der Waals surface area contributed by atoms with Gasteiger partial charge in [-0.15, -0.1) is 5.10 Å². The summed E-state index contributed by atoms with van der Waals surface area (Å²) in [7, 11) is 0. The van der Waals surface area contributed by atoms with Crippen LogP contribution in [0.1, 0.15) is 30.4 Å². The van der Waals surface area contributed by atoms with Gasteiger partial charge in [-0.05, 0) is 18.7 Å². The van der Waals surface area contributed by atoms with E-state index in [0.29, 0.717) is 17.3 Å². The van der Waals surface area contributed by atoms with Crippen LogP contribution >= 0.6 is 11.8 Å². The van der Waals surface area contributed by atoms with Crippen LogP contribution in [0.5, 0.6) is 0 Å². The van der Waals surface area contributed by atoms with E-state index in [1.807, 2.05) is 6.92 Å². The molecule has 8 nitrogen and oxygen atoms in total. The highest BCUT2D eigenvalue weighted by Gasteiger charge is 2.17. The van der Waals surface area contributed by atoms with Crippen LogP contribution in [0.2, 0.25) is 0 Å². The normalized spacial score (nSPS) is 10.5. The molecule has 0 unspecified atom stereocenters. The number of aromatic nitrogens is 4. The van der Waals surface area contributed by atoms with E-state index >= 15 is 0 Å². The zero-order valence-corrected chi connectivity index (χ0v) is 11.7. The summed E-state index contributed by atoms with van der Waals surface area (Å²) in [4.78, 5) is 29.6. The van der Waals surface area contributed by atoms with Crippen LogP contribution in [-0.2, 0) is 11.2 Å². The Morgan fingerprint density at radius 3 is 2.95 bits per heavy atom. The fourth-order valence-corrected chi connectivity index (χ4v) is 2.02. The van der Waals surface area contributed by atoms with E-state index in [0.717, 1.165) is 11.8 Å². The number of rotatable bonds is 5. The van der Waals surface area contributed by atoms with Crippen LogP contribution in [0.25, 0.3) is 0 Å². The summed E-state index contributed by atoms with van der Waals surface area (Å²) < 4.78 is 9.86. The van der Waals surface area contributed by atoms with E-state index in [1.54, 1.807) is 6.92 Å². The van der Waals surface area contributed by atoms with E-state index in [9.17, 15) is 9.59 Å². The Kier molecular flexibility index (Phi) is 4.51. The molecular formula is C11H12N4O4S. The quantitative estimate of drug-likeness (QED) is 0.643. The maximum atomic E-state index is 11.4. The molecule has 0 saturated carbocycles. The van der Waals surface area contributed by atoms with Gasteiger partial charge in [0.2, 0.25) is 0 Å². The van der Waals surface area contributed by atoms with Gasteiger partial charge in [0.05, 0.1) is 6.61 Å². The number of esters is 1. The molecule has 1 N–H and O–H groups in total. The van der Waals surface area contributed by atoms with Gasteiger partial charge >= 0.3 is 11.9 Å². The highest BCUT2D eigenvalue weighted by atomic mass is 32.2. The lowest BCUT2D eigenvalue weighted by molar-refractivity contribution is 0.0475. The third-order valence-electron chi connectivity index (χ3n) is 2.15. The average molecular weight is 296 g/mol. The number of aryl methyl sites for hydroxylation is 1. The van der Waals surface area contributed by atoms with Gasteiger partial charge in [0.15, 0.2) is 0 Å². The van der Waals surface area contributed by atoms with Crippen LogP contribution in [0.3, 0.4) is 0 Å². The van der Waals surface area contributed by atoms with E-state index in [1.165, 1.54) is 6.07 Å². The van der Waals surface area contributed by atoms with Crippen molar-refractivity contribution < 1.29 is 13.9 Å². The first kappa shape index (κ1) is 14.3. The van der Waals surface area contributed by atoms with Gasteiger partial charge in [-0.25, -0.2) is 9.78 Å². The fourth-order valence-electron chi connectivity index (χ4n) is 1.32. The summed E-state index contributed by atoms with van der Waals surface area (Å²) >= 11 is 1.01. The lowest BCUT2D eigenvalue weighted by atomic mass is 10.4. The van der Waals surface area contributed by atoms with Gasteiger partial charge in [-0.3, -0.25) is 4.79 Å². The molecule has 0 atom stereocenters. The van der Waals surface area contributed by atoms with Crippen molar-refractivity contribution >= 4 is 17.7 Å². The minimum atomic E-state index is -0.681. The molecule has 9 heteroatoms. The largest absolute Gasteiger partial charge is 0.459 e. The van der Waals surface area contributed by atoms with E-state index in [4.69, 9.17) is 9.15 Å². The summed E-state index contributed by atoms with van der Waals surface area (Å²) in [5.74, 6) is -0.347. The van der Waals surface area contributed by atoms with Gasteiger partial charge in [-0.1, -0.05) is 12.0 Å². The molecule has 2 aromatic heterocycles. The zero-order valence-electron chi connectivity index (χ0n) is 10.9. The monoisotopic (exact) mass is 296 g/mol. The summed E-state index contributed by atoms with van der Waals surface area (Å²) in [6, 6.07) is 1.32. The van der Waals surface area contributed by atoms with E-state index in [-0.39, 0.29) is 23.3 Å². The molecule has 106 valence electrons. The second-order valence-electron chi connectivity index (χ2n) is 3.58. The smallest absolute Gasteiger partial charge is 0.396 e. The van der Waals surface area contributed by atoms with Crippen LogP contribution in [0.4, 0.5) is 0 Å². The van der Waals surface area contributed by atoms with Crippen molar-refractivity contribution in [2.75, 3.05) is 6.61 Å². The molecule has 0 aliphatic heterocycles. The van der Waals surface area contributed by atoms with Crippen LogP contribution < -0.4 is 5.56 Å². The molecule has 0 saturated heterocycles. The Morgan fingerprint density at radius 1 is 1.45 bits per heavy atom. The van der Waals surface area contributed by atoms with Gasteiger partial charge in [0.1, 0.15) is 10.9 Å². The van der Waals surface area contributed by atoms with Gasteiger partial charge in [0, 0.05) is 12.5 Å². The molecule has 2 rings (SSSR count). The number of hydrogen-bond acceptors (Lipinski definition) is 8. The topological polar surface area (TPSA) is 111 Å².